The van der Waals surface area contributed by atoms with Crippen LogP contribution in [-0.2, 0) is 0 Å². The molecule has 1 heterocycles. The van der Waals surface area contributed by atoms with Crippen molar-refractivity contribution >= 4 is 11.7 Å². The van der Waals surface area contributed by atoms with E-state index in [0.717, 1.165) is 0 Å². The first-order chi connectivity index (χ1) is 10.9. The predicted molar refractivity (Wildman–Crippen MR) is 80.6 cm³/mol. The molecule has 1 aliphatic heterocycles. The van der Waals surface area contributed by atoms with E-state index in [0.29, 0.717) is 37.5 Å². The number of carbonyl (C=O) groups excluding carboxylic acids is 1. The highest BCUT2D eigenvalue weighted by molar-refractivity contribution is 5.89. The summed E-state index contributed by atoms with van der Waals surface area (Å²) in [6.45, 7) is 0.228. The Hall–Kier alpha value is -1.96. The van der Waals surface area contributed by atoms with Crippen LogP contribution >= 0.6 is 0 Å². The number of urea groups is 1. The Morgan fingerprint density at radius 2 is 2.04 bits per heavy atom. The lowest BCUT2D eigenvalue weighted by Gasteiger charge is -2.18. The Labute approximate surface area is 132 Å². The molecule has 1 fully saturated rings. The molecule has 0 aliphatic carbocycles. The van der Waals surface area contributed by atoms with Crippen LogP contribution < -0.4 is 15.4 Å². The van der Waals surface area contributed by atoms with Crippen molar-refractivity contribution in [3.63, 3.8) is 0 Å². The quantitative estimate of drug-likeness (QED) is 0.872. The lowest BCUT2D eigenvalue weighted by molar-refractivity contribution is -0.143. The summed E-state index contributed by atoms with van der Waals surface area (Å²) in [5.41, 5.74) is 0.619. The fraction of sp³-hybridized carbons (Fsp3) is 0.533. The minimum absolute atomic E-state index is 0.0407. The number of halogens is 3. The van der Waals surface area contributed by atoms with E-state index in [1.54, 1.807) is 31.4 Å². The van der Waals surface area contributed by atoms with Crippen molar-refractivity contribution in [3.8, 4) is 5.75 Å². The second-order valence-electron chi connectivity index (χ2n) is 5.57. The average molecular weight is 331 g/mol. The van der Waals surface area contributed by atoms with Crippen LogP contribution in [0.5, 0.6) is 5.75 Å². The van der Waals surface area contributed by atoms with Gasteiger partial charge in [0.2, 0.25) is 0 Å². The standard InChI is InChI=1S/C15H20F3N3O2/c1-23-13-4-2-12(3-5-13)20-14(22)19-8-11-6-7-21(9-11)10-15(16,17)18/h2-5,11H,6-10H2,1H3,(H2,19,20,22)/t11-/m0/s1. The Kier molecular flexibility index (Phi) is 5.70. The summed E-state index contributed by atoms with van der Waals surface area (Å²) in [6, 6.07) is 6.49. The van der Waals surface area contributed by atoms with Crippen LogP contribution in [-0.4, -0.2) is 50.4 Å². The normalized spacial score (nSPS) is 18.7. The molecular formula is C15H20F3N3O2. The molecular weight excluding hydrogens is 311 g/mol. The minimum Gasteiger partial charge on any atom is -0.497 e. The third kappa shape index (κ3) is 5.97. The van der Waals surface area contributed by atoms with E-state index in [1.807, 2.05) is 0 Å². The van der Waals surface area contributed by atoms with Crippen LogP contribution in [0, 0.1) is 5.92 Å². The molecule has 128 valence electrons. The van der Waals surface area contributed by atoms with Gasteiger partial charge in [0.1, 0.15) is 5.75 Å². The van der Waals surface area contributed by atoms with Gasteiger partial charge in [0, 0.05) is 18.8 Å². The van der Waals surface area contributed by atoms with E-state index in [4.69, 9.17) is 4.74 Å². The number of carbonyl (C=O) groups is 1. The molecule has 0 spiro atoms. The number of alkyl halides is 3. The third-order valence-electron chi connectivity index (χ3n) is 3.67. The maximum atomic E-state index is 12.3. The summed E-state index contributed by atoms with van der Waals surface area (Å²) in [5.74, 6) is 0.727. The van der Waals surface area contributed by atoms with Gasteiger partial charge in [-0.15, -0.1) is 0 Å². The van der Waals surface area contributed by atoms with Crippen LogP contribution in [0.3, 0.4) is 0 Å². The Morgan fingerprint density at radius 1 is 1.35 bits per heavy atom. The molecule has 0 unspecified atom stereocenters. The second kappa shape index (κ2) is 7.54. The molecule has 2 N–H and O–H groups in total. The lowest BCUT2D eigenvalue weighted by Crippen LogP contribution is -2.36. The first-order valence-electron chi connectivity index (χ1n) is 7.34. The largest absolute Gasteiger partial charge is 0.497 e. The van der Waals surface area contributed by atoms with Crippen LogP contribution in [0.4, 0.5) is 23.7 Å². The molecule has 2 amide bonds. The van der Waals surface area contributed by atoms with Gasteiger partial charge in [-0.05, 0) is 43.1 Å². The molecule has 0 bridgehead atoms. The molecule has 1 aliphatic rings. The van der Waals surface area contributed by atoms with Gasteiger partial charge in [0.05, 0.1) is 13.7 Å². The molecule has 23 heavy (non-hydrogen) atoms. The third-order valence-corrected chi connectivity index (χ3v) is 3.67. The summed E-state index contributed by atoms with van der Waals surface area (Å²) < 4.78 is 42.0. The summed E-state index contributed by atoms with van der Waals surface area (Å²) >= 11 is 0. The molecule has 1 aromatic rings. The number of methoxy groups -OCH3 is 1. The molecule has 0 saturated carbocycles. The first kappa shape index (κ1) is 17.4. The average Bonchev–Trinajstić information content (AvgIpc) is 2.91. The van der Waals surface area contributed by atoms with Crippen molar-refractivity contribution in [2.24, 2.45) is 5.92 Å². The SMILES string of the molecule is COc1ccc(NC(=O)NC[C@@H]2CCN(CC(F)(F)F)C2)cc1. The lowest BCUT2D eigenvalue weighted by atomic mass is 10.1. The van der Waals surface area contributed by atoms with Crippen molar-refractivity contribution in [2.45, 2.75) is 12.6 Å². The van der Waals surface area contributed by atoms with E-state index in [-0.39, 0.29) is 11.9 Å². The number of nitrogens with zero attached hydrogens (tertiary/aromatic N) is 1. The molecule has 8 heteroatoms. The van der Waals surface area contributed by atoms with Crippen molar-refractivity contribution in [3.05, 3.63) is 24.3 Å². The van der Waals surface area contributed by atoms with Crippen LogP contribution in [0.15, 0.2) is 24.3 Å². The number of rotatable bonds is 5. The highest BCUT2D eigenvalue weighted by Crippen LogP contribution is 2.22. The van der Waals surface area contributed by atoms with Crippen LogP contribution in [0.1, 0.15) is 6.42 Å². The first-order valence-corrected chi connectivity index (χ1v) is 7.34. The van der Waals surface area contributed by atoms with Crippen LogP contribution in [0.25, 0.3) is 0 Å². The fourth-order valence-corrected chi connectivity index (χ4v) is 2.56. The zero-order chi connectivity index (χ0) is 16.9. The van der Waals surface area contributed by atoms with Gasteiger partial charge in [-0.25, -0.2) is 4.79 Å². The van der Waals surface area contributed by atoms with Crippen molar-refractivity contribution in [1.29, 1.82) is 0 Å². The highest BCUT2D eigenvalue weighted by atomic mass is 19.4. The fourth-order valence-electron chi connectivity index (χ4n) is 2.56. The van der Waals surface area contributed by atoms with Crippen molar-refractivity contribution in [1.82, 2.24) is 10.2 Å². The Morgan fingerprint density at radius 3 is 2.65 bits per heavy atom. The second-order valence-corrected chi connectivity index (χ2v) is 5.57. The van der Waals surface area contributed by atoms with E-state index in [1.165, 1.54) is 4.90 Å². The maximum Gasteiger partial charge on any atom is 0.401 e. The van der Waals surface area contributed by atoms with E-state index < -0.39 is 12.7 Å². The topological polar surface area (TPSA) is 53.6 Å². The monoisotopic (exact) mass is 331 g/mol. The molecule has 1 aromatic carbocycles. The summed E-state index contributed by atoms with van der Waals surface area (Å²) in [7, 11) is 1.55. The zero-order valence-electron chi connectivity index (χ0n) is 12.8. The van der Waals surface area contributed by atoms with Gasteiger partial charge in [-0.1, -0.05) is 0 Å². The van der Waals surface area contributed by atoms with Gasteiger partial charge in [0.15, 0.2) is 0 Å². The van der Waals surface area contributed by atoms with Gasteiger partial charge in [0.25, 0.3) is 0 Å². The number of likely N-dealkylation sites (tertiary alicyclic amines) is 1. The smallest absolute Gasteiger partial charge is 0.401 e. The molecule has 1 atom stereocenters. The van der Waals surface area contributed by atoms with Gasteiger partial charge < -0.3 is 15.4 Å². The molecule has 2 rings (SSSR count). The van der Waals surface area contributed by atoms with E-state index >= 15 is 0 Å². The van der Waals surface area contributed by atoms with Crippen LogP contribution in [0.2, 0.25) is 0 Å². The number of benzene rings is 1. The summed E-state index contributed by atoms with van der Waals surface area (Å²) in [4.78, 5) is 13.2. The zero-order valence-corrected chi connectivity index (χ0v) is 12.8. The highest BCUT2D eigenvalue weighted by Gasteiger charge is 2.34. The number of hydrogen-bond acceptors (Lipinski definition) is 3. The number of anilines is 1. The molecule has 1 saturated heterocycles. The van der Waals surface area contributed by atoms with Crippen molar-refractivity contribution in [2.75, 3.05) is 38.6 Å². The molecule has 0 radical (unpaired) electrons. The van der Waals surface area contributed by atoms with E-state index in [9.17, 15) is 18.0 Å². The number of hydrogen-bond donors (Lipinski definition) is 2. The van der Waals surface area contributed by atoms with Gasteiger partial charge in [-0.3, -0.25) is 4.90 Å². The predicted octanol–water partition coefficient (Wildman–Crippen LogP) is 2.70. The Balaban J connectivity index is 1.70. The van der Waals surface area contributed by atoms with E-state index in [2.05, 4.69) is 10.6 Å². The minimum atomic E-state index is -4.17. The van der Waals surface area contributed by atoms with Gasteiger partial charge in [-0.2, -0.15) is 13.2 Å². The number of ether oxygens (including phenoxy) is 1. The maximum absolute atomic E-state index is 12.3. The van der Waals surface area contributed by atoms with Crippen molar-refractivity contribution < 1.29 is 22.7 Å². The number of amides is 2. The molecule has 0 aromatic heterocycles. The summed E-state index contributed by atoms with van der Waals surface area (Å²) in [6.07, 6.45) is -3.52. The molecule has 5 nitrogen and oxygen atoms in total. The Bertz CT molecular complexity index is 520. The van der Waals surface area contributed by atoms with Gasteiger partial charge >= 0.3 is 12.2 Å². The number of nitrogens with one attached hydrogen (secondary N) is 2. The summed E-state index contributed by atoms with van der Waals surface area (Å²) in [5, 5.41) is 5.36.